The molecule has 4 nitrogen and oxygen atoms in total. The second-order valence-corrected chi connectivity index (χ2v) is 5.81. The Hall–Kier alpha value is -1.59. The Kier molecular flexibility index (Phi) is 4.39. The molecular weight excluding hydrogens is 258 g/mol. The van der Waals surface area contributed by atoms with Gasteiger partial charge in [0.25, 0.3) is 5.91 Å². The third-order valence-corrected chi connectivity index (χ3v) is 4.09. The molecule has 0 saturated carbocycles. The minimum Gasteiger partial charge on any atom is -0.397 e. The summed E-state index contributed by atoms with van der Waals surface area (Å²) in [5, 5.41) is 3.88. The molecule has 0 radical (unpaired) electrons. The third-order valence-electron chi connectivity index (χ3n) is 2.91. The van der Waals surface area contributed by atoms with Crippen molar-refractivity contribution in [1.82, 2.24) is 10.2 Å². The number of anilines is 1. The predicted octanol–water partition coefficient (Wildman–Crippen LogP) is 2.17. The van der Waals surface area contributed by atoms with Gasteiger partial charge in [0.1, 0.15) is 4.88 Å². The third kappa shape index (κ3) is 3.24. The molecule has 0 unspecified atom stereocenters. The summed E-state index contributed by atoms with van der Waals surface area (Å²) in [6.45, 7) is 1.63. The molecule has 0 atom stereocenters. The molecule has 0 aliphatic carbocycles. The van der Waals surface area contributed by atoms with Gasteiger partial charge >= 0.3 is 0 Å². The fourth-order valence-electron chi connectivity index (χ4n) is 1.91. The van der Waals surface area contributed by atoms with Crippen LogP contribution < -0.4 is 11.1 Å². The highest BCUT2D eigenvalue weighted by Crippen LogP contribution is 2.33. The number of carbonyl (C=O) groups is 1. The van der Waals surface area contributed by atoms with Crippen molar-refractivity contribution >= 4 is 33.0 Å². The second-order valence-electron chi connectivity index (χ2n) is 4.75. The molecule has 0 bridgehead atoms. The van der Waals surface area contributed by atoms with E-state index in [2.05, 4.69) is 10.2 Å². The number of rotatable bonds is 5. The summed E-state index contributed by atoms with van der Waals surface area (Å²) in [6, 6.07) is 7.82. The van der Waals surface area contributed by atoms with Gasteiger partial charge in [-0.1, -0.05) is 18.2 Å². The number of thiophene rings is 1. The van der Waals surface area contributed by atoms with Gasteiger partial charge in [-0.15, -0.1) is 11.3 Å². The molecule has 19 heavy (non-hydrogen) atoms. The van der Waals surface area contributed by atoms with Crippen molar-refractivity contribution in [3.05, 3.63) is 29.1 Å². The van der Waals surface area contributed by atoms with Crippen LogP contribution in [0.25, 0.3) is 10.1 Å². The minimum atomic E-state index is -0.0718. The maximum absolute atomic E-state index is 12.1. The summed E-state index contributed by atoms with van der Waals surface area (Å²) < 4.78 is 1.05. The lowest BCUT2D eigenvalue weighted by molar-refractivity contribution is 0.0957. The molecule has 5 heteroatoms. The summed E-state index contributed by atoms with van der Waals surface area (Å²) in [4.78, 5) is 14.8. The van der Waals surface area contributed by atoms with Crippen LogP contribution in [-0.2, 0) is 0 Å². The van der Waals surface area contributed by atoms with Crippen molar-refractivity contribution in [2.45, 2.75) is 6.42 Å². The lowest BCUT2D eigenvalue weighted by Crippen LogP contribution is -2.26. The smallest absolute Gasteiger partial charge is 0.263 e. The quantitative estimate of drug-likeness (QED) is 0.823. The number of fused-ring (bicyclic) bond motifs is 1. The Morgan fingerprint density at radius 3 is 2.79 bits per heavy atom. The lowest BCUT2D eigenvalue weighted by Gasteiger charge is -2.09. The van der Waals surface area contributed by atoms with Gasteiger partial charge in [-0.2, -0.15) is 0 Å². The van der Waals surface area contributed by atoms with Crippen molar-refractivity contribution in [3.8, 4) is 0 Å². The number of hydrogen-bond acceptors (Lipinski definition) is 4. The van der Waals surface area contributed by atoms with Gasteiger partial charge in [0.15, 0.2) is 0 Å². The second kappa shape index (κ2) is 6.04. The maximum atomic E-state index is 12.1. The van der Waals surface area contributed by atoms with Gasteiger partial charge in [-0.05, 0) is 33.1 Å². The molecule has 2 rings (SSSR count). The first-order valence-electron chi connectivity index (χ1n) is 6.29. The van der Waals surface area contributed by atoms with Gasteiger partial charge < -0.3 is 16.0 Å². The SMILES string of the molecule is CN(C)CCCNC(=O)c1sc2ccccc2c1N. The largest absolute Gasteiger partial charge is 0.397 e. The zero-order chi connectivity index (χ0) is 13.8. The molecule has 102 valence electrons. The lowest BCUT2D eigenvalue weighted by atomic mass is 10.2. The highest BCUT2D eigenvalue weighted by atomic mass is 32.1. The van der Waals surface area contributed by atoms with Crippen LogP contribution >= 0.6 is 11.3 Å². The summed E-state index contributed by atoms with van der Waals surface area (Å²) in [5.41, 5.74) is 6.62. The molecular formula is C14H19N3OS. The maximum Gasteiger partial charge on any atom is 0.263 e. The van der Waals surface area contributed by atoms with E-state index in [0.717, 1.165) is 23.1 Å². The first kappa shape index (κ1) is 13.8. The number of benzene rings is 1. The van der Waals surface area contributed by atoms with Crippen LogP contribution in [0.3, 0.4) is 0 Å². The molecule has 0 spiro atoms. The monoisotopic (exact) mass is 277 g/mol. The number of carbonyl (C=O) groups excluding carboxylic acids is 1. The zero-order valence-electron chi connectivity index (χ0n) is 11.3. The van der Waals surface area contributed by atoms with Crippen molar-refractivity contribution < 1.29 is 4.79 Å². The Bertz CT molecular complexity index is 577. The van der Waals surface area contributed by atoms with Crippen molar-refractivity contribution in [2.75, 3.05) is 32.9 Å². The Morgan fingerprint density at radius 2 is 2.11 bits per heavy atom. The average molecular weight is 277 g/mol. The van der Waals surface area contributed by atoms with E-state index >= 15 is 0 Å². The molecule has 0 fully saturated rings. The summed E-state index contributed by atoms with van der Waals surface area (Å²) in [7, 11) is 4.04. The van der Waals surface area contributed by atoms with Crippen LogP contribution in [0, 0.1) is 0 Å². The molecule has 3 N–H and O–H groups in total. The van der Waals surface area contributed by atoms with Crippen molar-refractivity contribution in [3.63, 3.8) is 0 Å². The van der Waals surface area contributed by atoms with Gasteiger partial charge in [0.2, 0.25) is 0 Å². The van der Waals surface area contributed by atoms with E-state index in [1.54, 1.807) is 0 Å². The number of amides is 1. The number of nitrogens with zero attached hydrogens (tertiary/aromatic N) is 1. The molecule has 0 aliphatic rings. The van der Waals surface area contributed by atoms with E-state index in [1.165, 1.54) is 11.3 Å². The molecule has 1 amide bonds. The number of nitrogens with two attached hydrogens (primary N) is 1. The van der Waals surface area contributed by atoms with Gasteiger partial charge in [-0.3, -0.25) is 4.79 Å². The molecule has 1 aromatic carbocycles. The van der Waals surface area contributed by atoms with Crippen molar-refractivity contribution in [2.24, 2.45) is 0 Å². The fraction of sp³-hybridized carbons (Fsp3) is 0.357. The van der Waals surface area contributed by atoms with E-state index in [1.807, 2.05) is 38.4 Å². The van der Waals surface area contributed by atoms with E-state index in [-0.39, 0.29) is 5.91 Å². The van der Waals surface area contributed by atoms with Crippen LogP contribution in [0.4, 0.5) is 5.69 Å². The standard InChI is InChI=1S/C14H19N3OS/c1-17(2)9-5-8-16-14(18)13-12(15)10-6-3-4-7-11(10)19-13/h3-4,6-7H,5,8-9,15H2,1-2H3,(H,16,18). The number of nitrogen functional groups attached to an aromatic ring is 1. The first-order chi connectivity index (χ1) is 9.09. The van der Waals surface area contributed by atoms with E-state index < -0.39 is 0 Å². The highest BCUT2D eigenvalue weighted by molar-refractivity contribution is 7.21. The van der Waals surface area contributed by atoms with Crippen LogP contribution in [0.15, 0.2) is 24.3 Å². The average Bonchev–Trinajstić information content (AvgIpc) is 2.72. The number of nitrogens with one attached hydrogen (secondary N) is 1. The zero-order valence-corrected chi connectivity index (χ0v) is 12.1. The predicted molar refractivity (Wildman–Crippen MR) is 81.7 cm³/mol. The topological polar surface area (TPSA) is 58.4 Å². The van der Waals surface area contributed by atoms with Crippen LogP contribution in [0.5, 0.6) is 0 Å². The summed E-state index contributed by atoms with van der Waals surface area (Å²) in [5.74, 6) is -0.0718. The molecule has 1 heterocycles. The first-order valence-corrected chi connectivity index (χ1v) is 7.11. The summed E-state index contributed by atoms with van der Waals surface area (Å²) >= 11 is 1.45. The normalized spacial score (nSPS) is 11.1. The molecule has 0 saturated heterocycles. The molecule has 0 aliphatic heterocycles. The van der Waals surface area contributed by atoms with Gasteiger partial charge in [0.05, 0.1) is 5.69 Å². The van der Waals surface area contributed by atoms with Gasteiger partial charge in [-0.25, -0.2) is 0 Å². The highest BCUT2D eigenvalue weighted by Gasteiger charge is 2.15. The minimum absolute atomic E-state index is 0.0718. The fourth-order valence-corrected chi connectivity index (χ4v) is 2.95. The molecule has 2 aromatic rings. The Morgan fingerprint density at radius 1 is 1.37 bits per heavy atom. The van der Waals surface area contributed by atoms with Crippen LogP contribution in [0.1, 0.15) is 16.1 Å². The number of hydrogen-bond donors (Lipinski definition) is 2. The van der Waals surface area contributed by atoms with Crippen molar-refractivity contribution in [1.29, 1.82) is 0 Å². The van der Waals surface area contributed by atoms with Gasteiger partial charge in [0, 0.05) is 16.6 Å². The summed E-state index contributed by atoms with van der Waals surface area (Å²) in [6.07, 6.45) is 0.934. The van der Waals surface area contributed by atoms with E-state index in [9.17, 15) is 4.79 Å². The van der Waals surface area contributed by atoms with Crippen LogP contribution in [-0.4, -0.2) is 38.0 Å². The van der Waals surface area contributed by atoms with E-state index in [4.69, 9.17) is 5.73 Å². The Labute approximate surface area is 117 Å². The van der Waals surface area contributed by atoms with Crippen LogP contribution in [0.2, 0.25) is 0 Å². The van der Waals surface area contributed by atoms with E-state index in [0.29, 0.717) is 17.1 Å². The molecule has 1 aromatic heterocycles. The Balaban J connectivity index is 2.03.